The van der Waals surface area contributed by atoms with Crippen molar-refractivity contribution in [3.63, 3.8) is 0 Å². The second-order valence-electron chi connectivity index (χ2n) is 6.49. The summed E-state index contributed by atoms with van der Waals surface area (Å²) in [6.07, 6.45) is 2.35. The number of aliphatic imine (C=N–C) groups is 1. The minimum atomic E-state index is -3.42. The SMILES string of the molecule is CCOC(=O)C(N)=CC(=Nc1ccccc1Cl)c1noc(-c2cccc(S(C)(=O)=O)c2)n1. The standard InChI is InChI=1S/C21H19ClN4O5S/c1-3-30-21(27)16(23)12-18(24-17-10-5-4-9-15(17)22)19-25-20(31-26-19)13-7-6-8-14(11-13)32(2,28)29/h4-12H,3,23H2,1-2H3. The number of allylic oxidation sites excluding steroid dienone is 1. The molecule has 32 heavy (non-hydrogen) atoms. The zero-order valence-electron chi connectivity index (χ0n) is 17.1. The zero-order valence-corrected chi connectivity index (χ0v) is 18.7. The maximum absolute atomic E-state index is 12.0. The maximum atomic E-state index is 12.0. The highest BCUT2D eigenvalue weighted by Gasteiger charge is 2.17. The Morgan fingerprint density at radius 3 is 2.69 bits per heavy atom. The van der Waals surface area contributed by atoms with Gasteiger partial charge in [-0.15, -0.1) is 0 Å². The second-order valence-corrected chi connectivity index (χ2v) is 8.91. The molecule has 1 heterocycles. The summed E-state index contributed by atoms with van der Waals surface area (Å²) in [5, 5.41) is 4.27. The van der Waals surface area contributed by atoms with Gasteiger partial charge in [-0.05, 0) is 43.3 Å². The van der Waals surface area contributed by atoms with Crippen LogP contribution in [0.4, 0.5) is 5.69 Å². The van der Waals surface area contributed by atoms with Crippen molar-refractivity contribution in [3.05, 3.63) is 71.2 Å². The van der Waals surface area contributed by atoms with Gasteiger partial charge in [-0.3, -0.25) is 0 Å². The quantitative estimate of drug-likeness (QED) is 0.312. The van der Waals surface area contributed by atoms with Crippen LogP contribution in [0.25, 0.3) is 11.5 Å². The number of carbonyl (C=O) groups is 1. The molecule has 166 valence electrons. The van der Waals surface area contributed by atoms with Crippen LogP contribution in [0.3, 0.4) is 0 Å². The first-order valence-corrected chi connectivity index (χ1v) is 11.6. The van der Waals surface area contributed by atoms with E-state index >= 15 is 0 Å². The van der Waals surface area contributed by atoms with Crippen LogP contribution in [0.1, 0.15) is 12.7 Å². The van der Waals surface area contributed by atoms with E-state index in [1.807, 2.05) is 0 Å². The lowest BCUT2D eigenvalue weighted by Crippen LogP contribution is -2.17. The minimum absolute atomic E-state index is 0.0110. The van der Waals surface area contributed by atoms with Crippen LogP contribution in [0.5, 0.6) is 0 Å². The van der Waals surface area contributed by atoms with E-state index in [2.05, 4.69) is 15.1 Å². The smallest absolute Gasteiger partial charge is 0.354 e. The first-order valence-electron chi connectivity index (χ1n) is 9.31. The number of rotatable bonds is 7. The number of carbonyl (C=O) groups excluding carboxylic acids is 1. The summed E-state index contributed by atoms with van der Waals surface area (Å²) in [5.74, 6) is -0.665. The highest BCUT2D eigenvalue weighted by molar-refractivity contribution is 7.90. The molecule has 3 rings (SSSR count). The molecular weight excluding hydrogens is 456 g/mol. The molecule has 0 spiro atoms. The lowest BCUT2D eigenvalue weighted by atomic mass is 10.2. The number of hydrogen-bond acceptors (Lipinski definition) is 9. The van der Waals surface area contributed by atoms with Gasteiger partial charge in [0.1, 0.15) is 11.4 Å². The molecule has 9 nitrogen and oxygen atoms in total. The van der Waals surface area contributed by atoms with Crippen LogP contribution in [0.15, 0.2) is 74.7 Å². The molecule has 0 aliphatic heterocycles. The summed E-state index contributed by atoms with van der Waals surface area (Å²) < 4.78 is 33.9. The average Bonchev–Trinajstić information content (AvgIpc) is 3.24. The van der Waals surface area contributed by atoms with Crippen LogP contribution in [-0.2, 0) is 19.4 Å². The number of nitrogens with zero attached hydrogens (tertiary/aromatic N) is 3. The van der Waals surface area contributed by atoms with Gasteiger partial charge >= 0.3 is 5.97 Å². The molecule has 0 saturated carbocycles. The maximum Gasteiger partial charge on any atom is 0.354 e. The molecule has 0 saturated heterocycles. The predicted molar refractivity (Wildman–Crippen MR) is 119 cm³/mol. The Bertz CT molecular complexity index is 1310. The highest BCUT2D eigenvalue weighted by atomic mass is 35.5. The molecule has 0 aliphatic carbocycles. The molecule has 0 amide bonds. The van der Waals surface area contributed by atoms with Gasteiger partial charge in [-0.1, -0.05) is 35.0 Å². The van der Waals surface area contributed by atoms with Gasteiger partial charge in [0.2, 0.25) is 5.82 Å². The van der Waals surface area contributed by atoms with Gasteiger partial charge in [0.15, 0.2) is 9.84 Å². The van der Waals surface area contributed by atoms with E-state index in [-0.39, 0.29) is 34.6 Å². The highest BCUT2D eigenvalue weighted by Crippen LogP contribution is 2.26. The molecule has 0 atom stereocenters. The van der Waals surface area contributed by atoms with Crippen molar-refractivity contribution in [1.29, 1.82) is 0 Å². The molecule has 11 heteroatoms. The van der Waals surface area contributed by atoms with Crippen molar-refractivity contribution >= 4 is 38.8 Å². The van der Waals surface area contributed by atoms with Gasteiger partial charge in [0.25, 0.3) is 5.89 Å². The number of sulfone groups is 1. The van der Waals surface area contributed by atoms with Crippen LogP contribution in [-0.4, -0.2) is 43.1 Å². The monoisotopic (exact) mass is 474 g/mol. The number of ether oxygens (including phenoxy) is 1. The summed E-state index contributed by atoms with van der Waals surface area (Å²) in [6.45, 7) is 1.80. The Kier molecular flexibility index (Phi) is 7.06. The average molecular weight is 475 g/mol. The summed E-state index contributed by atoms with van der Waals surface area (Å²) in [6, 6.07) is 12.8. The molecule has 0 radical (unpaired) electrons. The van der Waals surface area contributed by atoms with Crippen molar-refractivity contribution in [1.82, 2.24) is 10.1 Å². The lowest BCUT2D eigenvalue weighted by Gasteiger charge is -2.03. The van der Waals surface area contributed by atoms with E-state index in [9.17, 15) is 13.2 Å². The molecule has 0 unspecified atom stereocenters. The summed E-state index contributed by atoms with van der Waals surface area (Å²) in [5.41, 5.74) is 6.50. The number of esters is 1. The number of halogens is 1. The topological polar surface area (TPSA) is 138 Å². The Hall–Kier alpha value is -3.50. The summed E-state index contributed by atoms with van der Waals surface area (Å²) in [4.78, 5) is 20.8. The van der Waals surface area contributed by atoms with Crippen molar-refractivity contribution in [2.45, 2.75) is 11.8 Å². The third-order valence-corrected chi connectivity index (χ3v) is 5.49. The molecule has 2 aromatic carbocycles. The van der Waals surface area contributed by atoms with E-state index in [0.717, 1.165) is 6.26 Å². The molecule has 2 N–H and O–H groups in total. The second kappa shape index (κ2) is 9.75. The van der Waals surface area contributed by atoms with E-state index in [1.54, 1.807) is 43.3 Å². The van der Waals surface area contributed by atoms with Gasteiger partial charge in [-0.2, -0.15) is 4.98 Å². The predicted octanol–water partition coefficient (Wildman–Crippen LogP) is 3.32. The summed E-state index contributed by atoms with van der Waals surface area (Å²) >= 11 is 6.19. The first-order chi connectivity index (χ1) is 15.2. The Labute approximate surface area is 189 Å². The normalized spacial score (nSPS) is 12.6. The zero-order chi connectivity index (χ0) is 23.3. The largest absolute Gasteiger partial charge is 0.461 e. The summed E-state index contributed by atoms with van der Waals surface area (Å²) in [7, 11) is -3.42. The number of aromatic nitrogens is 2. The van der Waals surface area contributed by atoms with Crippen LogP contribution >= 0.6 is 11.6 Å². The molecule has 1 aromatic heterocycles. The molecule has 3 aromatic rings. The van der Waals surface area contributed by atoms with Gasteiger partial charge in [0, 0.05) is 11.8 Å². The van der Waals surface area contributed by atoms with Crippen molar-refractivity contribution in [2.75, 3.05) is 12.9 Å². The Morgan fingerprint density at radius 1 is 1.25 bits per heavy atom. The third-order valence-electron chi connectivity index (χ3n) is 4.06. The first kappa shape index (κ1) is 23.2. The Morgan fingerprint density at radius 2 is 2.00 bits per heavy atom. The van der Waals surface area contributed by atoms with Gasteiger partial charge in [0.05, 0.1) is 22.2 Å². The number of nitrogens with two attached hydrogens (primary N) is 1. The van der Waals surface area contributed by atoms with E-state index in [0.29, 0.717) is 16.3 Å². The minimum Gasteiger partial charge on any atom is -0.461 e. The van der Waals surface area contributed by atoms with Crippen LogP contribution in [0, 0.1) is 0 Å². The van der Waals surface area contributed by atoms with E-state index < -0.39 is 15.8 Å². The molecule has 0 aliphatic rings. The number of para-hydroxylation sites is 1. The fourth-order valence-corrected chi connectivity index (χ4v) is 3.39. The van der Waals surface area contributed by atoms with Crippen LogP contribution < -0.4 is 5.73 Å². The lowest BCUT2D eigenvalue weighted by molar-refractivity contribution is -0.138. The fourth-order valence-electron chi connectivity index (χ4n) is 2.54. The van der Waals surface area contributed by atoms with Crippen LogP contribution in [0.2, 0.25) is 5.02 Å². The fraction of sp³-hybridized carbons (Fsp3) is 0.143. The van der Waals surface area contributed by atoms with Crippen molar-refractivity contribution in [3.8, 4) is 11.5 Å². The van der Waals surface area contributed by atoms with Gasteiger partial charge < -0.3 is 15.0 Å². The van der Waals surface area contributed by atoms with E-state index in [4.69, 9.17) is 26.6 Å². The molecular formula is C21H19ClN4O5S. The molecule has 0 bridgehead atoms. The number of benzene rings is 2. The van der Waals surface area contributed by atoms with E-state index in [1.165, 1.54) is 18.2 Å². The van der Waals surface area contributed by atoms with Gasteiger partial charge in [-0.25, -0.2) is 18.2 Å². The molecule has 0 fully saturated rings. The van der Waals surface area contributed by atoms with Crippen molar-refractivity contribution in [2.24, 2.45) is 10.7 Å². The van der Waals surface area contributed by atoms with Crippen molar-refractivity contribution < 1.29 is 22.5 Å². The number of hydrogen-bond donors (Lipinski definition) is 1. The Balaban J connectivity index is 2.07. The third kappa shape index (κ3) is 5.59.